The van der Waals surface area contributed by atoms with E-state index in [2.05, 4.69) is 47.6 Å². The van der Waals surface area contributed by atoms with Gasteiger partial charge in [-0.2, -0.15) is 0 Å². The quantitative estimate of drug-likeness (QED) is 0.112. The van der Waals surface area contributed by atoms with E-state index in [1.807, 2.05) is 13.8 Å². The summed E-state index contributed by atoms with van der Waals surface area (Å²) in [6, 6.07) is 0. The van der Waals surface area contributed by atoms with E-state index in [0.717, 1.165) is 44.1 Å². The number of allylic oxidation sites excluding steroid dienone is 1. The average molecular weight is 915 g/mol. The smallest absolute Gasteiger partial charge is 0.187 e. The molecule has 4 aliphatic carbocycles. The van der Waals surface area contributed by atoms with Crippen molar-refractivity contribution in [2.45, 2.75) is 217 Å². The lowest BCUT2D eigenvalue weighted by Crippen LogP contribution is -2.67. The second-order valence-corrected chi connectivity index (χ2v) is 22.8. The van der Waals surface area contributed by atoms with Gasteiger partial charge in [-0.15, -0.1) is 0 Å². The van der Waals surface area contributed by atoms with Crippen LogP contribution < -0.4 is 0 Å². The van der Waals surface area contributed by atoms with E-state index in [1.165, 1.54) is 0 Å². The molecule has 64 heavy (non-hydrogen) atoms. The first-order valence-electron chi connectivity index (χ1n) is 23.8. The van der Waals surface area contributed by atoms with Crippen molar-refractivity contribution in [1.82, 2.24) is 0 Å². The van der Waals surface area contributed by atoms with Crippen molar-refractivity contribution in [1.29, 1.82) is 0 Å². The van der Waals surface area contributed by atoms with Gasteiger partial charge in [-0.1, -0.05) is 46.3 Å². The summed E-state index contributed by atoms with van der Waals surface area (Å²) < 4.78 is 44.1. The lowest BCUT2D eigenvalue weighted by Gasteiger charge is -2.71. The van der Waals surface area contributed by atoms with Gasteiger partial charge in [0.05, 0.1) is 43.7 Å². The Balaban J connectivity index is 1.04. The molecular weight excluding hydrogens is 836 g/mol. The number of ether oxygens (including phenoxy) is 7. The molecule has 0 bridgehead atoms. The summed E-state index contributed by atoms with van der Waals surface area (Å²) in [5.41, 5.74) is -0.560. The van der Waals surface area contributed by atoms with Crippen LogP contribution in [0, 0.1) is 45.3 Å². The van der Waals surface area contributed by atoms with Crippen molar-refractivity contribution in [2.24, 2.45) is 45.3 Å². The molecule has 4 heterocycles. The van der Waals surface area contributed by atoms with Crippen LogP contribution in [0.3, 0.4) is 0 Å². The zero-order chi connectivity index (χ0) is 46.6. The topological polar surface area (TPSA) is 267 Å². The first-order valence-corrected chi connectivity index (χ1v) is 23.8. The molecule has 1 unspecified atom stereocenters. The third-order valence-corrected chi connectivity index (χ3v) is 18.6. The first-order chi connectivity index (χ1) is 29.9. The van der Waals surface area contributed by atoms with Gasteiger partial charge in [0, 0.05) is 6.42 Å². The van der Waals surface area contributed by atoms with Gasteiger partial charge in [-0.25, -0.2) is 0 Å². The third-order valence-electron chi connectivity index (χ3n) is 18.6. The molecule has 4 saturated carbocycles. The second kappa shape index (κ2) is 17.8. The maximum Gasteiger partial charge on any atom is 0.187 e. The minimum absolute atomic E-state index is 0.0197. The number of aliphatic hydroxyl groups is 10. The second-order valence-electron chi connectivity index (χ2n) is 22.8. The van der Waals surface area contributed by atoms with Crippen LogP contribution >= 0.6 is 0 Å². The largest absolute Gasteiger partial charge is 0.394 e. The monoisotopic (exact) mass is 915 g/mol. The third kappa shape index (κ3) is 7.99. The number of aliphatic hydroxyl groups excluding tert-OH is 10. The van der Waals surface area contributed by atoms with E-state index < -0.39 is 98.2 Å². The van der Waals surface area contributed by atoms with Crippen molar-refractivity contribution < 1.29 is 84.2 Å². The minimum atomic E-state index is -1.65. The fourth-order valence-corrected chi connectivity index (χ4v) is 15.1. The molecule has 8 fully saturated rings. The van der Waals surface area contributed by atoms with E-state index in [1.54, 1.807) is 0 Å². The van der Waals surface area contributed by atoms with Gasteiger partial charge in [-0.05, 0) is 111 Å². The molecule has 17 heteroatoms. The van der Waals surface area contributed by atoms with E-state index in [9.17, 15) is 51.1 Å². The molecule has 8 rings (SSSR count). The molecule has 8 aliphatic rings. The Kier molecular flexibility index (Phi) is 13.8. The molecule has 17 nitrogen and oxygen atoms in total. The van der Waals surface area contributed by atoms with Gasteiger partial charge in [0.25, 0.3) is 0 Å². The zero-order valence-electron chi connectivity index (χ0n) is 38.8. The molecule has 0 aromatic heterocycles. The molecule has 0 aromatic carbocycles. The lowest BCUT2D eigenvalue weighted by molar-refractivity contribution is -0.344. The fourth-order valence-electron chi connectivity index (χ4n) is 15.1. The number of hydrogen-bond donors (Lipinski definition) is 10. The Morgan fingerprint density at radius 1 is 0.656 bits per heavy atom. The number of rotatable bonds is 9. The van der Waals surface area contributed by atoms with Crippen molar-refractivity contribution >= 4 is 0 Å². The van der Waals surface area contributed by atoms with E-state index in [0.29, 0.717) is 12.8 Å². The summed E-state index contributed by atoms with van der Waals surface area (Å²) in [6.07, 6.45) is -11.9. The van der Waals surface area contributed by atoms with Gasteiger partial charge in [0.1, 0.15) is 67.1 Å². The molecule has 10 N–H and O–H groups in total. The summed E-state index contributed by atoms with van der Waals surface area (Å²) in [6.45, 7) is 16.8. The van der Waals surface area contributed by atoms with Crippen molar-refractivity contribution in [2.75, 3.05) is 19.8 Å². The standard InChI is InChI=1S/C47H78O17/c1-21(2)15-22-17-47(8,64-42-39(57)36(54)34(52)27(62-42)20-59-40-37(55)32(50)24(49)19-58-40)23-9-13-46(7)31(23)25(60-22)16-29-44(5)12-11-30(43(3,4)28(44)10-14-45(29,46)6)63-41-38(56)35(53)33(51)26(18-48)61-41/h15,22-42,48-57H,9-14,16-20H2,1-8H3/t22-,23?,24-,25+,26+,27-,28-,29+,30-,31-,32+,33+,34-,35-,36+,37-,38+,39-,40+,41-,42+,44-,45+,46+,47-/m0/s1. The molecule has 4 aliphatic heterocycles. The molecule has 0 amide bonds. The fraction of sp³-hybridized carbons (Fsp3) is 0.957. The molecule has 0 radical (unpaired) electrons. The van der Waals surface area contributed by atoms with Crippen molar-refractivity contribution in [3.63, 3.8) is 0 Å². The van der Waals surface area contributed by atoms with Gasteiger partial charge >= 0.3 is 0 Å². The average Bonchev–Trinajstić information content (AvgIpc) is 3.56. The summed E-state index contributed by atoms with van der Waals surface area (Å²) in [5.74, 6) is 0.579. The Morgan fingerprint density at radius 2 is 1.28 bits per heavy atom. The molecular formula is C47H78O17. The Morgan fingerprint density at radius 3 is 1.95 bits per heavy atom. The molecule has 0 aromatic rings. The van der Waals surface area contributed by atoms with Crippen LogP contribution in [0.1, 0.15) is 107 Å². The minimum Gasteiger partial charge on any atom is -0.394 e. The SMILES string of the molecule is CC(C)=C[C@H]1C[C@](C)(O[C@H]2O[C@@H](CO[C@H]3OC[C@H](O)[C@@H](O)[C@@H]3O)[C@H](O)[C@@H](O)[C@@H]2O)C2CC[C@]3(C)[C@@H]2[C@@H](C[C@@H]2[C@@]4(C)CC[C@H](O[C@@H]5O[C@H](CO)[C@@H](O)[C@H](O)[C@H]5O)C(C)(C)[C@@H]4CC[C@]23C)O1. The normalized spacial score (nSPS) is 56.0. The predicted molar refractivity (Wildman–Crippen MR) is 226 cm³/mol. The lowest BCUT2D eigenvalue weighted by atomic mass is 9.35. The first kappa shape index (κ1) is 49.5. The summed E-state index contributed by atoms with van der Waals surface area (Å²) in [7, 11) is 0. The highest BCUT2D eigenvalue weighted by atomic mass is 16.7. The van der Waals surface area contributed by atoms with Crippen LogP contribution in [0.2, 0.25) is 0 Å². The van der Waals surface area contributed by atoms with Crippen LogP contribution in [0.4, 0.5) is 0 Å². The molecule has 25 atom stereocenters. The van der Waals surface area contributed by atoms with E-state index in [-0.39, 0.29) is 76.9 Å². The predicted octanol–water partition coefficient (Wildman–Crippen LogP) is 0.629. The Hall–Kier alpha value is -0.940. The summed E-state index contributed by atoms with van der Waals surface area (Å²) in [4.78, 5) is 0. The zero-order valence-corrected chi connectivity index (χ0v) is 38.8. The Labute approximate surface area is 377 Å². The number of hydrogen-bond acceptors (Lipinski definition) is 17. The van der Waals surface area contributed by atoms with Gasteiger partial charge in [0.2, 0.25) is 0 Å². The van der Waals surface area contributed by atoms with Gasteiger partial charge < -0.3 is 84.2 Å². The van der Waals surface area contributed by atoms with Crippen molar-refractivity contribution in [3.8, 4) is 0 Å². The van der Waals surface area contributed by atoms with Crippen LogP contribution in [0.25, 0.3) is 0 Å². The van der Waals surface area contributed by atoms with Crippen LogP contribution in [-0.4, -0.2) is 181 Å². The van der Waals surface area contributed by atoms with Crippen LogP contribution in [-0.2, 0) is 33.2 Å². The molecule has 368 valence electrons. The van der Waals surface area contributed by atoms with Crippen LogP contribution in [0.15, 0.2) is 11.6 Å². The van der Waals surface area contributed by atoms with E-state index >= 15 is 0 Å². The van der Waals surface area contributed by atoms with Crippen LogP contribution in [0.5, 0.6) is 0 Å². The maximum absolute atomic E-state index is 11.4. The molecule has 0 spiro atoms. The highest BCUT2D eigenvalue weighted by Gasteiger charge is 2.73. The van der Waals surface area contributed by atoms with Gasteiger partial charge in [-0.3, -0.25) is 0 Å². The van der Waals surface area contributed by atoms with Gasteiger partial charge in [0.15, 0.2) is 18.9 Å². The van der Waals surface area contributed by atoms with Crippen molar-refractivity contribution in [3.05, 3.63) is 11.6 Å². The number of fused-ring (bicyclic) bond motifs is 4. The Bertz CT molecular complexity index is 1680. The maximum atomic E-state index is 11.4. The highest BCUT2D eigenvalue weighted by Crippen LogP contribution is 2.77. The van der Waals surface area contributed by atoms with E-state index in [4.69, 9.17) is 33.2 Å². The molecule has 4 saturated heterocycles. The summed E-state index contributed by atoms with van der Waals surface area (Å²) >= 11 is 0. The summed E-state index contributed by atoms with van der Waals surface area (Å²) in [5, 5.41) is 106. The highest BCUT2D eigenvalue weighted by molar-refractivity contribution is 5.22.